The molecule has 114 valence electrons. The maximum atomic E-state index is 10.3. The van der Waals surface area contributed by atoms with Gasteiger partial charge in [-0.1, -0.05) is 12.1 Å². The van der Waals surface area contributed by atoms with E-state index in [4.69, 9.17) is 19.9 Å². The highest BCUT2D eigenvalue weighted by Gasteiger charge is 2.23. The number of hydrogen-bond acceptors (Lipinski definition) is 5. The van der Waals surface area contributed by atoms with E-state index in [0.29, 0.717) is 40.7 Å². The summed E-state index contributed by atoms with van der Waals surface area (Å²) in [7, 11) is 3.00. The highest BCUT2D eigenvalue weighted by molar-refractivity contribution is 5.71. The van der Waals surface area contributed by atoms with Crippen LogP contribution in [0.2, 0.25) is 0 Å². The Kier molecular flexibility index (Phi) is 3.55. The topological polar surface area (TPSA) is 73.9 Å². The quantitative estimate of drug-likeness (QED) is 0.852. The van der Waals surface area contributed by atoms with Gasteiger partial charge in [0.15, 0.2) is 11.5 Å². The first kappa shape index (κ1) is 14.1. The second-order valence-corrected chi connectivity index (χ2v) is 4.94. The fourth-order valence-corrected chi connectivity index (χ4v) is 2.50. The van der Waals surface area contributed by atoms with Crippen LogP contribution in [-0.2, 0) is 6.42 Å². The minimum Gasteiger partial charge on any atom is -0.504 e. The van der Waals surface area contributed by atoms with Gasteiger partial charge in [0.25, 0.3) is 0 Å². The zero-order valence-corrected chi connectivity index (χ0v) is 12.4. The van der Waals surface area contributed by atoms with Crippen molar-refractivity contribution in [3.63, 3.8) is 0 Å². The van der Waals surface area contributed by atoms with Crippen LogP contribution < -0.4 is 19.9 Å². The second kappa shape index (κ2) is 5.52. The number of aromatic hydroxyl groups is 1. The van der Waals surface area contributed by atoms with E-state index in [0.717, 1.165) is 5.56 Å². The molecule has 0 radical (unpaired) electrons. The summed E-state index contributed by atoms with van der Waals surface area (Å²) in [5.74, 6) is 2.03. The van der Waals surface area contributed by atoms with Crippen LogP contribution in [0.15, 0.2) is 36.4 Å². The molecule has 0 aromatic heterocycles. The van der Waals surface area contributed by atoms with E-state index in [1.165, 1.54) is 14.2 Å². The molecular weight excluding hydrogens is 282 g/mol. The lowest BCUT2D eigenvalue weighted by molar-refractivity contribution is 0.327. The van der Waals surface area contributed by atoms with Crippen LogP contribution in [0.5, 0.6) is 23.0 Å². The van der Waals surface area contributed by atoms with Gasteiger partial charge in [-0.15, -0.1) is 0 Å². The van der Waals surface area contributed by atoms with Gasteiger partial charge in [-0.2, -0.15) is 0 Å². The van der Waals surface area contributed by atoms with E-state index >= 15 is 0 Å². The summed E-state index contributed by atoms with van der Waals surface area (Å²) < 4.78 is 16.3. The summed E-state index contributed by atoms with van der Waals surface area (Å²) in [5, 5.41) is 10.3. The highest BCUT2D eigenvalue weighted by atomic mass is 16.5. The SMILES string of the molecule is COc1cc2c(c(O)c1OC)CC=C(c1cccc(N)c1)O2. The third kappa shape index (κ3) is 2.30. The van der Waals surface area contributed by atoms with E-state index in [1.54, 1.807) is 6.07 Å². The van der Waals surface area contributed by atoms with Gasteiger partial charge in [0, 0.05) is 29.3 Å². The molecule has 0 spiro atoms. The number of allylic oxidation sites excluding steroid dienone is 1. The molecule has 0 saturated heterocycles. The number of anilines is 1. The van der Waals surface area contributed by atoms with Crippen LogP contribution in [0, 0.1) is 0 Å². The molecule has 0 saturated carbocycles. The fourth-order valence-electron chi connectivity index (χ4n) is 2.50. The molecule has 0 amide bonds. The number of nitrogens with two attached hydrogens (primary N) is 1. The van der Waals surface area contributed by atoms with Gasteiger partial charge < -0.3 is 25.1 Å². The van der Waals surface area contributed by atoms with Crippen molar-refractivity contribution in [3.8, 4) is 23.0 Å². The molecule has 3 N–H and O–H groups in total. The third-order valence-corrected chi connectivity index (χ3v) is 3.59. The van der Waals surface area contributed by atoms with Crippen molar-refractivity contribution in [2.75, 3.05) is 20.0 Å². The van der Waals surface area contributed by atoms with Gasteiger partial charge in [-0.3, -0.25) is 0 Å². The van der Waals surface area contributed by atoms with Crippen molar-refractivity contribution in [2.45, 2.75) is 6.42 Å². The molecule has 1 aliphatic heterocycles. The van der Waals surface area contributed by atoms with Crippen LogP contribution in [0.1, 0.15) is 11.1 Å². The van der Waals surface area contributed by atoms with Crippen molar-refractivity contribution >= 4 is 11.4 Å². The van der Waals surface area contributed by atoms with Crippen LogP contribution in [0.4, 0.5) is 5.69 Å². The van der Waals surface area contributed by atoms with Gasteiger partial charge in [-0.05, 0) is 18.2 Å². The smallest absolute Gasteiger partial charge is 0.203 e. The van der Waals surface area contributed by atoms with Crippen LogP contribution in [-0.4, -0.2) is 19.3 Å². The lowest BCUT2D eigenvalue weighted by Crippen LogP contribution is -2.06. The Balaban J connectivity index is 2.02. The molecule has 1 aliphatic rings. The van der Waals surface area contributed by atoms with Crippen molar-refractivity contribution in [3.05, 3.63) is 47.5 Å². The molecule has 0 unspecified atom stereocenters. The van der Waals surface area contributed by atoms with Crippen molar-refractivity contribution in [2.24, 2.45) is 0 Å². The Labute approximate surface area is 128 Å². The summed E-state index contributed by atoms with van der Waals surface area (Å²) in [6.07, 6.45) is 2.44. The number of phenolic OH excluding ortho intramolecular Hbond substituents is 1. The lowest BCUT2D eigenvalue weighted by atomic mass is 10.0. The number of phenols is 1. The van der Waals surface area contributed by atoms with E-state index in [1.807, 2.05) is 30.3 Å². The van der Waals surface area contributed by atoms with Crippen LogP contribution in [0.3, 0.4) is 0 Å². The summed E-state index contributed by atoms with van der Waals surface area (Å²) >= 11 is 0. The van der Waals surface area contributed by atoms with Crippen molar-refractivity contribution < 1.29 is 19.3 Å². The van der Waals surface area contributed by atoms with Crippen LogP contribution >= 0.6 is 0 Å². The van der Waals surface area contributed by atoms with Gasteiger partial charge >= 0.3 is 0 Å². The predicted molar refractivity (Wildman–Crippen MR) is 84.4 cm³/mol. The largest absolute Gasteiger partial charge is 0.504 e. The fraction of sp³-hybridized carbons (Fsp3) is 0.176. The molecule has 5 heteroatoms. The predicted octanol–water partition coefficient (Wildman–Crippen LogP) is 2.97. The zero-order chi connectivity index (χ0) is 15.7. The molecule has 22 heavy (non-hydrogen) atoms. The second-order valence-electron chi connectivity index (χ2n) is 4.94. The first-order valence-corrected chi connectivity index (χ1v) is 6.84. The van der Waals surface area contributed by atoms with Gasteiger partial charge in [0.1, 0.15) is 11.5 Å². The lowest BCUT2D eigenvalue weighted by Gasteiger charge is -2.22. The molecule has 1 heterocycles. The van der Waals surface area contributed by atoms with Gasteiger partial charge in [0.2, 0.25) is 5.75 Å². The Morgan fingerprint density at radius 2 is 2.00 bits per heavy atom. The molecular formula is C17H17NO4. The molecule has 5 nitrogen and oxygen atoms in total. The first-order valence-electron chi connectivity index (χ1n) is 6.84. The summed E-state index contributed by atoms with van der Waals surface area (Å²) in [4.78, 5) is 0. The number of hydrogen-bond donors (Lipinski definition) is 2. The van der Waals surface area contributed by atoms with E-state index < -0.39 is 0 Å². The monoisotopic (exact) mass is 299 g/mol. The molecule has 2 aromatic carbocycles. The Morgan fingerprint density at radius 1 is 1.18 bits per heavy atom. The summed E-state index contributed by atoms with van der Waals surface area (Å²) in [6.45, 7) is 0. The van der Waals surface area contributed by atoms with Crippen molar-refractivity contribution in [1.29, 1.82) is 0 Å². The maximum absolute atomic E-state index is 10.3. The Hall–Kier alpha value is -2.82. The van der Waals surface area contributed by atoms with E-state index in [9.17, 15) is 5.11 Å². The molecule has 0 bridgehead atoms. The van der Waals surface area contributed by atoms with E-state index in [2.05, 4.69) is 0 Å². The van der Waals surface area contributed by atoms with Gasteiger partial charge in [0.05, 0.1) is 14.2 Å². The maximum Gasteiger partial charge on any atom is 0.203 e. The molecule has 0 aliphatic carbocycles. The number of methoxy groups -OCH3 is 2. The number of benzene rings is 2. The average molecular weight is 299 g/mol. The van der Waals surface area contributed by atoms with Crippen molar-refractivity contribution in [1.82, 2.24) is 0 Å². The molecule has 2 aromatic rings. The summed E-state index contributed by atoms with van der Waals surface area (Å²) in [5.41, 5.74) is 8.04. The number of ether oxygens (including phenoxy) is 3. The van der Waals surface area contributed by atoms with E-state index in [-0.39, 0.29) is 5.75 Å². The van der Waals surface area contributed by atoms with Crippen LogP contribution in [0.25, 0.3) is 5.76 Å². The zero-order valence-electron chi connectivity index (χ0n) is 12.4. The number of rotatable bonds is 3. The number of fused-ring (bicyclic) bond motifs is 1. The first-order chi connectivity index (χ1) is 10.6. The average Bonchev–Trinajstić information content (AvgIpc) is 2.54. The molecule has 0 fully saturated rings. The molecule has 0 atom stereocenters. The minimum absolute atomic E-state index is 0.0414. The normalized spacial score (nSPS) is 12.9. The molecule has 3 rings (SSSR count). The summed E-state index contributed by atoms with van der Waals surface area (Å²) in [6, 6.07) is 9.18. The van der Waals surface area contributed by atoms with Gasteiger partial charge in [-0.25, -0.2) is 0 Å². The Morgan fingerprint density at radius 3 is 2.68 bits per heavy atom. The third-order valence-electron chi connectivity index (χ3n) is 3.59. The minimum atomic E-state index is 0.0414. The standard InChI is InChI=1S/C17H17NO4/c1-20-15-9-14-12(16(19)17(15)21-2)6-7-13(22-14)10-4-3-5-11(18)8-10/h3-5,7-9,19H,6,18H2,1-2H3. The number of nitrogen functional groups attached to an aromatic ring is 1. The highest BCUT2D eigenvalue weighted by Crippen LogP contribution is 2.47. The Bertz CT molecular complexity index is 753.